The first-order valence-electron chi connectivity index (χ1n) is 8.35. The average Bonchev–Trinajstić information content (AvgIpc) is 2.97. The number of benzene rings is 1. The molecule has 5 heteroatoms. The zero-order valence-corrected chi connectivity index (χ0v) is 13.8. The van der Waals surface area contributed by atoms with Crippen LogP contribution >= 0.6 is 0 Å². The lowest BCUT2D eigenvalue weighted by atomic mass is 10.1. The van der Waals surface area contributed by atoms with Crippen molar-refractivity contribution in [2.45, 2.75) is 51.7 Å². The van der Waals surface area contributed by atoms with Crippen LogP contribution in [0.25, 0.3) is 0 Å². The first kappa shape index (κ1) is 15.8. The molecular weight excluding hydrogens is 292 g/mol. The Hall–Kier alpha value is -2.04. The van der Waals surface area contributed by atoms with E-state index in [2.05, 4.69) is 31.3 Å². The van der Waals surface area contributed by atoms with E-state index in [0.29, 0.717) is 25.9 Å². The van der Waals surface area contributed by atoms with E-state index < -0.39 is 0 Å². The average molecular weight is 316 g/mol. The number of carbonyl (C=O) groups excluding carboxylic acids is 2. The molecule has 0 aromatic heterocycles. The van der Waals surface area contributed by atoms with Gasteiger partial charge in [0.2, 0.25) is 11.8 Å². The lowest BCUT2D eigenvalue weighted by Gasteiger charge is -2.33. The van der Waals surface area contributed by atoms with E-state index in [0.717, 1.165) is 18.6 Å². The number of likely N-dealkylation sites (tertiary alicyclic amines) is 1. The molecule has 2 aliphatic heterocycles. The molecule has 1 atom stereocenters. The molecule has 2 amide bonds. The van der Waals surface area contributed by atoms with Crippen LogP contribution in [0.2, 0.25) is 0 Å². The van der Waals surface area contributed by atoms with Crippen molar-refractivity contribution in [2.24, 2.45) is 0 Å². The monoisotopic (exact) mass is 316 g/mol. The van der Waals surface area contributed by atoms with Gasteiger partial charge in [-0.25, -0.2) is 0 Å². The molecule has 0 spiro atoms. The van der Waals surface area contributed by atoms with Crippen LogP contribution in [-0.2, 0) is 9.59 Å². The van der Waals surface area contributed by atoms with Crippen LogP contribution in [0.3, 0.4) is 0 Å². The highest BCUT2D eigenvalue weighted by atomic mass is 16.5. The Labute approximate surface area is 137 Å². The maximum Gasteiger partial charge on any atom is 0.245 e. The van der Waals surface area contributed by atoms with Crippen molar-refractivity contribution >= 4 is 11.8 Å². The molecule has 124 valence electrons. The molecule has 0 unspecified atom stereocenters. The Kier molecular flexibility index (Phi) is 4.55. The van der Waals surface area contributed by atoms with Gasteiger partial charge < -0.3 is 15.0 Å². The van der Waals surface area contributed by atoms with Gasteiger partial charge in [0.25, 0.3) is 0 Å². The third-order valence-corrected chi connectivity index (χ3v) is 4.83. The van der Waals surface area contributed by atoms with Crippen molar-refractivity contribution < 1.29 is 14.3 Å². The molecule has 1 N–H and O–H groups in total. The number of rotatable bonds is 3. The van der Waals surface area contributed by atoms with Crippen molar-refractivity contribution in [2.75, 3.05) is 13.1 Å². The zero-order valence-electron chi connectivity index (χ0n) is 13.8. The number of nitrogens with one attached hydrogen (secondary N) is 1. The molecule has 3 rings (SSSR count). The summed E-state index contributed by atoms with van der Waals surface area (Å²) in [6.07, 6.45) is 2.90. The fourth-order valence-corrected chi connectivity index (χ4v) is 3.19. The van der Waals surface area contributed by atoms with Crippen molar-refractivity contribution in [3.63, 3.8) is 0 Å². The third kappa shape index (κ3) is 3.66. The number of hydrogen-bond donors (Lipinski definition) is 1. The molecule has 2 heterocycles. The molecule has 2 saturated heterocycles. The van der Waals surface area contributed by atoms with Crippen LogP contribution in [0.15, 0.2) is 18.2 Å². The minimum Gasteiger partial charge on any atom is -0.490 e. The molecule has 1 aromatic carbocycles. The molecule has 1 aromatic rings. The van der Waals surface area contributed by atoms with E-state index in [-0.39, 0.29) is 24.0 Å². The summed E-state index contributed by atoms with van der Waals surface area (Å²) >= 11 is 0. The van der Waals surface area contributed by atoms with Crippen LogP contribution in [-0.4, -0.2) is 41.9 Å². The van der Waals surface area contributed by atoms with Crippen LogP contribution in [0, 0.1) is 13.8 Å². The van der Waals surface area contributed by atoms with E-state index in [9.17, 15) is 9.59 Å². The molecule has 0 radical (unpaired) electrons. The van der Waals surface area contributed by atoms with Gasteiger partial charge in [-0.15, -0.1) is 0 Å². The molecule has 2 aliphatic rings. The number of amides is 2. The Bertz CT molecular complexity index is 606. The molecule has 0 aliphatic carbocycles. The second kappa shape index (κ2) is 6.60. The summed E-state index contributed by atoms with van der Waals surface area (Å²) in [6.45, 7) is 5.56. The SMILES string of the molecule is Cc1ccc(OC2CCN(C(=O)[C@@H]3CCC(=O)N3)CC2)cc1C. The largest absolute Gasteiger partial charge is 0.490 e. The van der Waals surface area contributed by atoms with Crippen molar-refractivity contribution in [3.05, 3.63) is 29.3 Å². The summed E-state index contributed by atoms with van der Waals surface area (Å²) < 4.78 is 6.05. The predicted octanol–water partition coefficient (Wildman–Crippen LogP) is 1.95. The maximum absolute atomic E-state index is 12.4. The van der Waals surface area contributed by atoms with Crippen molar-refractivity contribution in [1.82, 2.24) is 10.2 Å². The normalized spacial score (nSPS) is 22.1. The quantitative estimate of drug-likeness (QED) is 0.927. The Balaban J connectivity index is 1.51. The van der Waals surface area contributed by atoms with Gasteiger partial charge >= 0.3 is 0 Å². The van der Waals surface area contributed by atoms with Crippen molar-refractivity contribution in [1.29, 1.82) is 0 Å². The number of aryl methyl sites for hydroxylation is 2. The first-order chi connectivity index (χ1) is 11.0. The van der Waals surface area contributed by atoms with Crippen molar-refractivity contribution in [3.8, 4) is 5.75 Å². The summed E-state index contributed by atoms with van der Waals surface area (Å²) in [4.78, 5) is 25.5. The van der Waals surface area contributed by atoms with Crippen LogP contribution in [0.4, 0.5) is 0 Å². The molecular formula is C18H24N2O3. The van der Waals surface area contributed by atoms with Gasteiger partial charge in [0, 0.05) is 32.4 Å². The fourth-order valence-electron chi connectivity index (χ4n) is 3.19. The molecule has 23 heavy (non-hydrogen) atoms. The maximum atomic E-state index is 12.4. The van der Waals surface area contributed by atoms with Gasteiger partial charge in [0.15, 0.2) is 0 Å². The van der Waals surface area contributed by atoms with Crippen LogP contribution in [0.1, 0.15) is 36.8 Å². The minimum atomic E-state index is -0.320. The van der Waals surface area contributed by atoms with E-state index in [1.54, 1.807) is 0 Å². The Morgan fingerprint density at radius 1 is 1.17 bits per heavy atom. The second-order valence-electron chi connectivity index (χ2n) is 6.55. The van der Waals surface area contributed by atoms with Gasteiger partial charge in [-0.3, -0.25) is 9.59 Å². The van der Waals surface area contributed by atoms with Crippen LogP contribution < -0.4 is 10.1 Å². The van der Waals surface area contributed by atoms with Gasteiger partial charge in [0.1, 0.15) is 17.9 Å². The topological polar surface area (TPSA) is 58.6 Å². The lowest BCUT2D eigenvalue weighted by Crippen LogP contribution is -2.49. The van der Waals surface area contributed by atoms with E-state index in [4.69, 9.17) is 4.74 Å². The highest BCUT2D eigenvalue weighted by Crippen LogP contribution is 2.22. The standard InChI is InChI=1S/C18H24N2O3/c1-12-3-4-15(11-13(12)2)23-14-7-9-20(10-8-14)18(22)16-5-6-17(21)19-16/h3-4,11,14,16H,5-10H2,1-2H3,(H,19,21)/t16-/m0/s1. The molecule has 0 bridgehead atoms. The summed E-state index contributed by atoms with van der Waals surface area (Å²) in [7, 11) is 0. The zero-order chi connectivity index (χ0) is 16.4. The summed E-state index contributed by atoms with van der Waals surface area (Å²) in [5, 5.41) is 2.75. The fraction of sp³-hybridized carbons (Fsp3) is 0.556. The first-order valence-corrected chi connectivity index (χ1v) is 8.35. The third-order valence-electron chi connectivity index (χ3n) is 4.83. The summed E-state index contributed by atoms with van der Waals surface area (Å²) in [6, 6.07) is 5.83. The second-order valence-corrected chi connectivity index (χ2v) is 6.55. The summed E-state index contributed by atoms with van der Waals surface area (Å²) in [5.41, 5.74) is 2.49. The van der Waals surface area contributed by atoms with Gasteiger partial charge in [-0.05, 0) is 43.5 Å². The minimum absolute atomic E-state index is 0.0173. The molecule has 2 fully saturated rings. The van der Waals surface area contributed by atoms with Gasteiger partial charge in [0.05, 0.1) is 0 Å². The Morgan fingerprint density at radius 3 is 2.52 bits per heavy atom. The molecule has 5 nitrogen and oxygen atoms in total. The molecule has 0 saturated carbocycles. The highest BCUT2D eigenvalue weighted by Gasteiger charge is 2.33. The number of nitrogens with zero attached hydrogens (tertiary/aromatic N) is 1. The number of carbonyl (C=O) groups is 2. The number of piperidine rings is 1. The van der Waals surface area contributed by atoms with E-state index in [1.165, 1.54) is 11.1 Å². The van der Waals surface area contributed by atoms with E-state index in [1.807, 2.05) is 11.0 Å². The van der Waals surface area contributed by atoms with Gasteiger partial charge in [-0.1, -0.05) is 6.07 Å². The number of hydrogen-bond acceptors (Lipinski definition) is 3. The lowest BCUT2D eigenvalue weighted by molar-refractivity contribution is -0.136. The number of ether oxygens (including phenoxy) is 1. The predicted molar refractivity (Wildman–Crippen MR) is 87.3 cm³/mol. The highest BCUT2D eigenvalue weighted by molar-refractivity contribution is 5.90. The van der Waals surface area contributed by atoms with Gasteiger partial charge in [-0.2, -0.15) is 0 Å². The summed E-state index contributed by atoms with van der Waals surface area (Å²) in [5.74, 6) is 0.942. The van der Waals surface area contributed by atoms with Crippen LogP contribution in [0.5, 0.6) is 5.75 Å². The Morgan fingerprint density at radius 2 is 1.91 bits per heavy atom. The smallest absolute Gasteiger partial charge is 0.245 e. The van der Waals surface area contributed by atoms with E-state index >= 15 is 0 Å².